The highest BCUT2D eigenvalue weighted by molar-refractivity contribution is 5.79. The largest absolute Gasteiger partial charge is 0.497 e. The minimum absolute atomic E-state index is 0.239. The van der Waals surface area contributed by atoms with Crippen molar-refractivity contribution < 1.29 is 4.74 Å². The van der Waals surface area contributed by atoms with Gasteiger partial charge in [-0.2, -0.15) is 0 Å². The van der Waals surface area contributed by atoms with E-state index in [0.717, 1.165) is 11.3 Å². The summed E-state index contributed by atoms with van der Waals surface area (Å²) in [6.07, 6.45) is 1.66. The second-order valence-electron chi connectivity index (χ2n) is 5.35. The van der Waals surface area contributed by atoms with E-state index in [4.69, 9.17) is 4.74 Å². The predicted octanol–water partition coefficient (Wildman–Crippen LogP) is 1.09. The lowest BCUT2D eigenvalue weighted by Crippen LogP contribution is -2.32. The van der Waals surface area contributed by atoms with E-state index < -0.39 is 0 Å². The number of H-pyrrole nitrogens is 1. The molecule has 6 nitrogen and oxygen atoms in total. The molecule has 0 fully saturated rings. The molecule has 24 heavy (non-hydrogen) atoms. The highest BCUT2D eigenvalue weighted by Gasteiger charge is 2.10. The van der Waals surface area contributed by atoms with Gasteiger partial charge in [0.25, 0.3) is 11.1 Å². The third kappa shape index (κ3) is 2.16. The Labute approximate surface area is 135 Å². The number of hydrogen-bond donors (Lipinski definition) is 1. The van der Waals surface area contributed by atoms with E-state index in [1.165, 1.54) is 4.40 Å². The average Bonchev–Trinajstić information content (AvgIpc) is 2.91. The number of nitrogens with zero attached hydrogens (tertiary/aromatic N) is 2. The lowest BCUT2D eigenvalue weighted by Gasteiger charge is -1.99. The number of aromatic amines is 1. The Morgan fingerprint density at radius 2 is 1.83 bits per heavy atom. The summed E-state index contributed by atoms with van der Waals surface area (Å²) in [7, 11) is 1.59. The summed E-state index contributed by atoms with van der Waals surface area (Å²) in [6.45, 7) is 0. The zero-order valence-corrected chi connectivity index (χ0v) is 12.8. The minimum atomic E-state index is -0.356. The summed E-state index contributed by atoms with van der Waals surface area (Å²) >= 11 is 0. The van der Waals surface area contributed by atoms with Crippen molar-refractivity contribution >= 4 is 22.8 Å². The molecule has 0 unspecified atom stereocenters. The molecule has 2 aromatic carbocycles. The van der Waals surface area contributed by atoms with Crippen LogP contribution in [-0.4, -0.2) is 21.5 Å². The van der Waals surface area contributed by atoms with Crippen LogP contribution in [0.3, 0.4) is 0 Å². The standard InChI is InChI=1S/C18H13N3O3/c1-24-12-8-6-11(7-9-12)10-15-16(22)20-18-19-14-5-3-2-4-13(14)17(23)21(15)18/h2-10H,1H3,(H,19,20,22)/b15-10+. The average molecular weight is 319 g/mol. The number of hydrogen-bond acceptors (Lipinski definition) is 4. The summed E-state index contributed by atoms with van der Waals surface area (Å²) in [4.78, 5) is 32.0. The number of aromatic nitrogens is 3. The molecule has 0 aliphatic heterocycles. The normalized spacial score (nSPS) is 12.1. The van der Waals surface area contributed by atoms with Gasteiger partial charge >= 0.3 is 0 Å². The first-order chi connectivity index (χ1) is 11.7. The molecular weight excluding hydrogens is 306 g/mol. The molecule has 1 N–H and O–H groups in total. The Balaban J connectivity index is 2.06. The molecule has 0 spiro atoms. The van der Waals surface area contributed by atoms with Gasteiger partial charge in [0, 0.05) is 0 Å². The maximum Gasteiger partial charge on any atom is 0.275 e. The number of methoxy groups -OCH3 is 1. The van der Waals surface area contributed by atoms with Gasteiger partial charge in [-0.25, -0.2) is 9.38 Å². The van der Waals surface area contributed by atoms with Crippen LogP contribution < -0.4 is 21.2 Å². The van der Waals surface area contributed by atoms with Crippen molar-refractivity contribution in [3.05, 3.63) is 80.2 Å². The third-order valence-corrected chi connectivity index (χ3v) is 3.89. The van der Waals surface area contributed by atoms with Crippen LogP contribution in [0.2, 0.25) is 0 Å². The topological polar surface area (TPSA) is 76.5 Å². The van der Waals surface area contributed by atoms with E-state index in [1.54, 1.807) is 49.6 Å². The first-order valence-corrected chi connectivity index (χ1v) is 7.36. The first-order valence-electron chi connectivity index (χ1n) is 7.36. The second kappa shape index (κ2) is 5.34. The van der Waals surface area contributed by atoms with Gasteiger partial charge < -0.3 is 4.74 Å². The first kappa shape index (κ1) is 14.2. The van der Waals surface area contributed by atoms with Crippen LogP contribution in [0.5, 0.6) is 5.75 Å². The number of rotatable bonds is 2. The van der Waals surface area contributed by atoms with Crippen molar-refractivity contribution in [2.24, 2.45) is 0 Å². The summed E-state index contributed by atoms with van der Waals surface area (Å²) < 4.78 is 6.43. The Bertz CT molecular complexity index is 1220. The smallest absolute Gasteiger partial charge is 0.275 e. The van der Waals surface area contributed by atoms with E-state index in [2.05, 4.69) is 9.97 Å². The van der Waals surface area contributed by atoms with Crippen LogP contribution in [0, 0.1) is 0 Å². The number of nitrogens with one attached hydrogen (secondary N) is 1. The molecule has 118 valence electrons. The fourth-order valence-electron chi connectivity index (χ4n) is 2.70. The number of ether oxygens (including phenoxy) is 1. The second-order valence-corrected chi connectivity index (χ2v) is 5.35. The monoisotopic (exact) mass is 319 g/mol. The van der Waals surface area contributed by atoms with Crippen molar-refractivity contribution in [3.63, 3.8) is 0 Å². The molecule has 0 atom stereocenters. The lowest BCUT2D eigenvalue weighted by molar-refractivity contribution is 0.415. The van der Waals surface area contributed by atoms with E-state index in [0.29, 0.717) is 10.9 Å². The highest BCUT2D eigenvalue weighted by Crippen LogP contribution is 2.11. The van der Waals surface area contributed by atoms with Gasteiger partial charge in [-0.05, 0) is 35.9 Å². The molecule has 0 aliphatic rings. The molecule has 0 amide bonds. The molecule has 2 heterocycles. The van der Waals surface area contributed by atoms with Crippen LogP contribution in [0.1, 0.15) is 5.56 Å². The molecular formula is C18H13N3O3. The summed E-state index contributed by atoms with van der Waals surface area (Å²) in [6, 6.07) is 14.2. The highest BCUT2D eigenvalue weighted by atomic mass is 16.5. The Morgan fingerprint density at radius 1 is 1.08 bits per heavy atom. The Morgan fingerprint density at radius 3 is 2.58 bits per heavy atom. The Hall–Kier alpha value is -3.41. The zero-order chi connectivity index (χ0) is 16.7. The third-order valence-electron chi connectivity index (χ3n) is 3.89. The minimum Gasteiger partial charge on any atom is -0.497 e. The summed E-state index contributed by atoms with van der Waals surface area (Å²) in [5.74, 6) is 0.960. The summed E-state index contributed by atoms with van der Waals surface area (Å²) in [5, 5.41) is 0.719. The van der Waals surface area contributed by atoms with Crippen LogP contribution in [-0.2, 0) is 0 Å². The van der Waals surface area contributed by atoms with Crippen molar-refractivity contribution in [1.29, 1.82) is 0 Å². The van der Waals surface area contributed by atoms with Crippen molar-refractivity contribution in [3.8, 4) is 5.75 Å². The zero-order valence-electron chi connectivity index (χ0n) is 12.8. The lowest BCUT2D eigenvalue weighted by atomic mass is 10.2. The Kier molecular flexibility index (Phi) is 3.16. The fourth-order valence-corrected chi connectivity index (χ4v) is 2.70. The number of imidazole rings is 1. The van der Waals surface area contributed by atoms with E-state index >= 15 is 0 Å². The molecule has 0 saturated heterocycles. The van der Waals surface area contributed by atoms with Crippen LogP contribution in [0.15, 0.2) is 58.1 Å². The van der Waals surface area contributed by atoms with Gasteiger partial charge in [0.2, 0.25) is 5.78 Å². The maximum atomic E-state index is 12.7. The predicted molar refractivity (Wildman–Crippen MR) is 91.4 cm³/mol. The van der Waals surface area contributed by atoms with Crippen molar-refractivity contribution in [2.75, 3.05) is 7.11 Å². The SMILES string of the molecule is COc1ccc(/C=c2\c(=O)[nH]c3nc4ccccc4c(=O)n23)cc1. The van der Waals surface area contributed by atoms with E-state index in [9.17, 15) is 9.59 Å². The molecule has 0 aliphatic carbocycles. The van der Waals surface area contributed by atoms with Crippen molar-refractivity contribution in [2.45, 2.75) is 0 Å². The number of benzene rings is 2. The molecule has 2 aromatic heterocycles. The number of para-hydroxylation sites is 1. The molecule has 4 rings (SSSR count). The van der Waals surface area contributed by atoms with Gasteiger partial charge in [0.15, 0.2) is 0 Å². The quantitative estimate of drug-likeness (QED) is 0.600. The van der Waals surface area contributed by atoms with Crippen LogP contribution in [0.25, 0.3) is 22.8 Å². The summed E-state index contributed by atoms with van der Waals surface area (Å²) in [5.41, 5.74) is 0.716. The van der Waals surface area contributed by atoms with Gasteiger partial charge in [0.1, 0.15) is 11.1 Å². The van der Waals surface area contributed by atoms with Crippen LogP contribution in [0.4, 0.5) is 0 Å². The van der Waals surface area contributed by atoms with Crippen LogP contribution >= 0.6 is 0 Å². The maximum absolute atomic E-state index is 12.7. The number of fused-ring (bicyclic) bond motifs is 2. The van der Waals surface area contributed by atoms with E-state index in [1.807, 2.05) is 12.1 Å². The van der Waals surface area contributed by atoms with E-state index in [-0.39, 0.29) is 22.2 Å². The molecule has 6 heteroatoms. The molecule has 0 saturated carbocycles. The molecule has 4 aromatic rings. The van der Waals surface area contributed by atoms with Gasteiger partial charge in [0.05, 0.1) is 18.0 Å². The van der Waals surface area contributed by atoms with Crippen molar-refractivity contribution in [1.82, 2.24) is 14.4 Å². The molecule has 0 bridgehead atoms. The fraction of sp³-hybridized carbons (Fsp3) is 0.0556. The molecule has 0 radical (unpaired) electrons. The van der Waals surface area contributed by atoms with Gasteiger partial charge in [-0.15, -0.1) is 0 Å². The van der Waals surface area contributed by atoms with Gasteiger partial charge in [-0.1, -0.05) is 24.3 Å². The van der Waals surface area contributed by atoms with Gasteiger partial charge in [-0.3, -0.25) is 14.6 Å².